The van der Waals surface area contributed by atoms with Gasteiger partial charge in [-0.2, -0.15) is 5.10 Å². The van der Waals surface area contributed by atoms with Crippen LogP contribution in [0.1, 0.15) is 21.6 Å². The molecule has 2 N–H and O–H groups in total. The number of carbonyl (C=O) groups is 3. The Labute approximate surface area is 223 Å². The van der Waals surface area contributed by atoms with Crippen molar-refractivity contribution in [3.8, 4) is 17.2 Å². The van der Waals surface area contributed by atoms with Crippen LogP contribution in [0.25, 0.3) is 5.69 Å². The van der Waals surface area contributed by atoms with Gasteiger partial charge in [0.15, 0.2) is 0 Å². The Morgan fingerprint density at radius 3 is 2.23 bits per heavy atom. The van der Waals surface area contributed by atoms with Gasteiger partial charge in [0.05, 0.1) is 24.7 Å². The third-order valence-corrected chi connectivity index (χ3v) is 5.82. The molecule has 0 bridgehead atoms. The van der Waals surface area contributed by atoms with Gasteiger partial charge in [-0.15, -0.1) is 0 Å². The summed E-state index contributed by atoms with van der Waals surface area (Å²) in [7, 11) is 3.12. The zero-order valence-electron chi connectivity index (χ0n) is 21.4. The summed E-state index contributed by atoms with van der Waals surface area (Å²) in [5.74, 6) is -2.28. The van der Waals surface area contributed by atoms with Crippen LogP contribution in [0.3, 0.4) is 0 Å². The van der Waals surface area contributed by atoms with Crippen molar-refractivity contribution in [2.75, 3.05) is 12.4 Å². The Kier molecular flexibility index (Phi) is 8.00. The van der Waals surface area contributed by atoms with Crippen molar-refractivity contribution in [2.45, 2.75) is 6.92 Å². The first-order chi connectivity index (χ1) is 18.8. The second-order valence-corrected chi connectivity index (χ2v) is 8.22. The monoisotopic (exact) mass is 527 g/mol. The largest absolute Gasteiger partial charge is 0.496 e. The maximum absolute atomic E-state index is 13.0. The zero-order valence-corrected chi connectivity index (χ0v) is 21.4. The average Bonchev–Trinajstić information content (AvgIpc) is 3.16. The fraction of sp³-hybridized carbons (Fsp3) is 0.107. The number of benzene rings is 3. The van der Waals surface area contributed by atoms with Gasteiger partial charge in [-0.3, -0.25) is 19.1 Å². The predicted molar refractivity (Wildman–Crippen MR) is 145 cm³/mol. The number of amides is 2. The molecule has 39 heavy (non-hydrogen) atoms. The van der Waals surface area contributed by atoms with Crippen LogP contribution in [-0.4, -0.2) is 40.5 Å². The Morgan fingerprint density at radius 1 is 0.872 bits per heavy atom. The molecule has 0 aliphatic heterocycles. The minimum absolute atomic E-state index is 0.0286. The number of hydrazone groups is 1. The first-order valence-electron chi connectivity index (χ1n) is 11.7. The number of hydrogen-bond donors (Lipinski definition) is 2. The van der Waals surface area contributed by atoms with Crippen molar-refractivity contribution in [1.82, 2.24) is 14.8 Å². The number of carbonyl (C=O) groups excluding carboxylic acids is 3. The Hall–Kier alpha value is -5.45. The molecule has 3 aromatic carbocycles. The summed E-state index contributed by atoms with van der Waals surface area (Å²) in [6.45, 7) is 1.65. The molecule has 0 aliphatic carbocycles. The van der Waals surface area contributed by atoms with E-state index in [9.17, 15) is 19.2 Å². The lowest BCUT2D eigenvalue weighted by Crippen LogP contribution is -2.34. The van der Waals surface area contributed by atoms with E-state index in [2.05, 4.69) is 15.8 Å². The molecule has 2 amide bonds. The van der Waals surface area contributed by atoms with Crippen LogP contribution in [0.5, 0.6) is 11.5 Å². The van der Waals surface area contributed by atoms with Crippen LogP contribution < -0.4 is 25.8 Å². The maximum Gasteiger partial charge on any atom is 0.347 e. The van der Waals surface area contributed by atoms with Crippen molar-refractivity contribution in [3.05, 3.63) is 106 Å². The topological polar surface area (TPSA) is 133 Å². The summed E-state index contributed by atoms with van der Waals surface area (Å²) in [5, 5.41) is 6.17. The van der Waals surface area contributed by atoms with Gasteiger partial charge >= 0.3 is 17.8 Å². The van der Waals surface area contributed by atoms with E-state index in [4.69, 9.17) is 9.47 Å². The normalized spacial score (nSPS) is 10.7. The van der Waals surface area contributed by atoms with Crippen molar-refractivity contribution >= 4 is 29.7 Å². The van der Waals surface area contributed by atoms with Crippen molar-refractivity contribution < 1.29 is 23.9 Å². The summed E-state index contributed by atoms with van der Waals surface area (Å²) in [4.78, 5) is 50.5. The van der Waals surface area contributed by atoms with Crippen molar-refractivity contribution in [3.63, 3.8) is 0 Å². The molecule has 4 rings (SSSR count). The SMILES string of the molecule is COc1ccccc1C(=O)Oc1ccccc1/C=N/NC(=O)C(=O)Nc1c(C)n(C)n(-c2ccccc2)c1=O. The molecular weight excluding hydrogens is 502 g/mol. The Balaban J connectivity index is 1.44. The van der Waals surface area contributed by atoms with E-state index in [0.717, 1.165) is 0 Å². The minimum Gasteiger partial charge on any atom is -0.496 e. The van der Waals surface area contributed by atoms with Gasteiger partial charge in [0.25, 0.3) is 5.56 Å². The molecule has 1 heterocycles. The molecule has 0 fully saturated rings. The van der Waals surface area contributed by atoms with Crippen LogP contribution in [0.15, 0.2) is 88.8 Å². The lowest BCUT2D eigenvalue weighted by Gasteiger charge is -2.10. The second-order valence-electron chi connectivity index (χ2n) is 8.22. The standard InChI is InChI=1S/C28H25N5O6/c1-18-24(27(36)33(32(18)2)20-12-5-4-6-13-20)30-25(34)26(35)31-29-17-19-11-7-9-15-22(19)39-28(37)21-14-8-10-16-23(21)38-3/h4-17H,1-3H3,(H,30,34)(H,31,35)/b29-17+. The van der Waals surface area contributed by atoms with Crippen LogP contribution >= 0.6 is 0 Å². The highest BCUT2D eigenvalue weighted by Crippen LogP contribution is 2.22. The third-order valence-electron chi connectivity index (χ3n) is 5.82. The molecular formula is C28H25N5O6. The molecule has 0 unspecified atom stereocenters. The van der Waals surface area contributed by atoms with Crippen LogP contribution in [0, 0.1) is 6.92 Å². The number of ether oxygens (including phenoxy) is 2. The molecule has 0 spiro atoms. The molecule has 11 nitrogen and oxygen atoms in total. The summed E-state index contributed by atoms with van der Waals surface area (Å²) >= 11 is 0. The summed E-state index contributed by atoms with van der Waals surface area (Å²) < 4.78 is 13.6. The van der Waals surface area contributed by atoms with Gasteiger partial charge in [-0.25, -0.2) is 14.9 Å². The molecule has 0 atom stereocenters. The minimum atomic E-state index is -1.09. The molecule has 0 radical (unpaired) electrons. The number of aromatic nitrogens is 2. The number of nitrogens with zero attached hydrogens (tertiary/aromatic N) is 3. The highest BCUT2D eigenvalue weighted by molar-refractivity contribution is 6.39. The van der Waals surface area contributed by atoms with Gasteiger partial charge < -0.3 is 14.8 Å². The lowest BCUT2D eigenvalue weighted by atomic mass is 10.2. The fourth-order valence-electron chi connectivity index (χ4n) is 3.74. The zero-order chi connectivity index (χ0) is 27.9. The Bertz CT molecular complexity index is 1620. The van der Waals surface area contributed by atoms with Crippen molar-refractivity contribution in [2.24, 2.45) is 12.1 Å². The molecule has 0 aliphatic rings. The lowest BCUT2D eigenvalue weighted by molar-refractivity contribution is -0.136. The molecule has 11 heteroatoms. The summed E-state index contributed by atoms with van der Waals surface area (Å²) in [5.41, 5.74) is 3.26. The van der Waals surface area contributed by atoms with E-state index in [1.807, 2.05) is 6.07 Å². The molecule has 198 valence electrons. The molecule has 1 aromatic heterocycles. The molecule has 0 saturated carbocycles. The summed E-state index contributed by atoms with van der Waals surface area (Å²) in [6.07, 6.45) is 1.23. The van der Waals surface area contributed by atoms with E-state index in [0.29, 0.717) is 22.7 Å². The first-order valence-corrected chi connectivity index (χ1v) is 11.7. The fourth-order valence-corrected chi connectivity index (χ4v) is 3.74. The predicted octanol–water partition coefficient (Wildman–Crippen LogP) is 2.80. The highest BCUT2D eigenvalue weighted by atomic mass is 16.5. The first kappa shape index (κ1) is 26.6. The van der Waals surface area contributed by atoms with Crippen LogP contribution in [0.4, 0.5) is 5.69 Å². The van der Waals surface area contributed by atoms with Gasteiger partial charge in [0.1, 0.15) is 22.7 Å². The van der Waals surface area contributed by atoms with E-state index in [1.54, 1.807) is 91.4 Å². The van der Waals surface area contributed by atoms with Gasteiger partial charge in [-0.1, -0.05) is 42.5 Å². The quantitative estimate of drug-likeness (QED) is 0.125. The van der Waals surface area contributed by atoms with Gasteiger partial charge in [0, 0.05) is 12.6 Å². The number of rotatable bonds is 7. The van der Waals surface area contributed by atoms with E-state index in [-0.39, 0.29) is 17.0 Å². The number of nitrogens with one attached hydrogen (secondary N) is 2. The number of anilines is 1. The number of esters is 1. The van der Waals surface area contributed by atoms with E-state index < -0.39 is 23.3 Å². The summed E-state index contributed by atoms with van der Waals surface area (Å²) in [6, 6.07) is 22.0. The number of hydrogen-bond acceptors (Lipinski definition) is 7. The third kappa shape index (κ3) is 5.77. The van der Waals surface area contributed by atoms with Gasteiger partial charge in [-0.05, 0) is 43.3 Å². The molecule has 0 saturated heterocycles. The van der Waals surface area contributed by atoms with Gasteiger partial charge in [0.2, 0.25) is 0 Å². The maximum atomic E-state index is 13.0. The van der Waals surface area contributed by atoms with E-state index >= 15 is 0 Å². The van der Waals surface area contributed by atoms with E-state index in [1.165, 1.54) is 18.0 Å². The Morgan fingerprint density at radius 2 is 1.51 bits per heavy atom. The number of methoxy groups -OCH3 is 1. The van der Waals surface area contributed by atoms with Crippen LogP contribution in [0.2, 0.25) is 0 Å². The van der Waals surface area contributed by atoms with Crippen molar-refractivity contribution in [1.29, 1.82) is 0 Å². The average molecular weight is 528 g/mol. The van der Waals surface area contributed by atoms with Crippen LogP contribution in [-0.2, 0) is 16.6 Å². The second kappa shape index (κ2) is 11.7. The number of para-hydroxylation sites is 3. The highest BCUT2D eigenvalue weighted by Gasteiger charge is 2.21. The smallest absolute Gasteiger partial charge is 0.347 e. The molecule has 4 aromatic rings.